The van der Waals surface area contributed by atoms with Crippen LogP contribution in [0.4, 0.5) is 9.52 Å². The number of ether oxygens (including phenoxy) is 1. The first-order chi connectivity index (χ1) is 14.4. The molecule has 1 aliphatic rings. The SMILES string of the molecule is COc1ccc(/C(O)=C2\C(=O)C(=O)N(c3nnc(C)s3)C2c2ccccn2)cc1F. The first kappa shape index (κ1) is 19.6. The van der Waals surface area contributed by atoms with Crippen molar-refractivity contribution in [1.29, 1.82) is 0 Å². The second-order valence-corrected chi connectivity index (χ2v) is 7.54. The van der Waals surface area contributed by atoms with E-state index in [1.54, 1.807) is 25.1 Å². The Balaban J connectivity index is 1.92. The summed E-state index contributed by atoms with van der Waals surface area (Å²) in [5, 5.41) is 19.6. The molecule has 4 rings (SSSR count). The van der Waals surface area contributed by atoms with Crippen molar-refractivity contribution in [3.8, 4) is 5.75 Å². The number of carbonyl (C=O) groups is 2. The number of carbonyl (C=O) groups excluding carboxylic acids is 2. The minimum atomic E-state index is -1.04. The van der Waals surface area contributed by atoms with E-state index in [0.29, 0.717) is 10.7 Å². The minimum absolute atomic E-state index is 0.0161. The fraction of sp³-hybridized carbons (Fsp3) is 0.150. The van der Waals surface area contributed by atoms with Gasteiger partial charge in [-0.2, -0.15) is 0 Å². The standard InChI is InChI=1S/C20H15FN4O4S/c1-10-23-24-20(30-10)25-16(13-5-3-4-8-22-13)15(18(27)19(25)28)17(26)11-6-7-14(29-2)12(21)9-11/h3-9,16,26H,1-2H3/b17-15+. The zero-order valence-electron chi connectivity index (χ0n) is 15.9. The Bertz CT molecular complexity index is 1180. The highest BCUT2D eigenvalue weighted by molar-refractivity contribution is 7.15. The maximum absolute atomic E-state index is 14.2. The molecule has 1 unspecified atom stereocenters. The third-order valence-corrected chi connectivity index (χ3v) is 5.40. The molecule has 1 aliphatic heterocycles. The highest BCUT2D eigenvalue weighted by Gasteiger charge is 2.49. The highest BCUT2D eigenvalue weighted by atomic mass is 32.1. The van der Waals surface area contributed by atoms with Gasteiger partial charge in [-0.25, -0.2) is 4.39 Å². The predicted octanol–water partition coefficient (Wildman–Crippen LogP) is 3.02. The molecule has 0 aliphatic carbocycles. The van der Waals surface area contributed by atoms with Gasteiger partial charge in [0.2, 0.25) is 5.13 Å². The molecule has 8 nitrogen and oxygen atoms in total. The molecular weight excluding hydrogens is 411 g/mol. The summed E-state index contributed by atoms with van der Waals surface area (Å²) in [6.07, 6.45) is 1.51. The Morgan fingerprint density at radius 3 is 2.63 bits per heavy atom. The average molecular weight is 426 g/mol. The van der Waals surface area contributed by atoms with Crippen molar-refractivity contribution in [2.24, 2.45) is 0 Å². The Labute approximate surface area is 174 Å². The van der Waals surface area contributed by atoms with Gasteiger partial charge < -0.3 is 9.84 Å². The molecule has 1 fully saturated rings. The first-order valence-corrected chi connectivity index (χ1v) is 9.60. The number of aliphatic hydroxyl groups is 1. The molecule has 30 heavy (non-hydrogen) atoms. The molecule has 0 spiro atoms. The lowest BCUT2D eigenvalue weighted by Crippen LogP contribution is -2.29. The van der Waals surface area contributed by atoms with Crippen molar-refractivity contribution in [3.05, 3.63) is 70.3 Å². The topological polar surface area (TPSA) is 106 Å². The summed E-state index contributed by atoms with van der Waals surface area (Å²) >= 11 is 1.13. The van der Waals surface area contributed by atoms with Crippen LogP contribution in [-0.2, 0) is 9.59 Å². The number of hydrogen-bond acceptors (Lipinski definition) is 8. The fourth-order valence-electron chi connectivity index (χ4n) is 3.20. The van der Waals surface area contributed by atoms with Gasteiger partial charge in [-0.15, -0.1) is 10.2 Å². The number of anilines is 1. The summed E-state index contributed by atoms with van der Waals surface area (Å²) in [6, 6.07) is 7.72. The summed E-state index contributed by atoms with van der Waals surface area (Å²) in [5.74, 6) is -3.05. The summed E-state index contributed by atoms with van der Waals surface area (Å²) < 4.78 is 19.1. The van der Waals surface area contributed by atoms with Gasteiger partial charge in [0.25, 0.3) is 5.78 Å². The zero-order chi connectivity index (χ0) is 21.4. The summed E-state index contributed by atoms with van der Waals surface area (Å²) in [7, 11) is 1.31. The van der Waals surface area contributed by atoms with Crippen LogP contribution in [0.15, 0.2) is 48.2 Å². The number of aryl methyl sites for hydroxylation is 1. The number of ketones is 1. The number of halogens is 1. The van der Waals surface area contributed by atoms with Crippen molar-refractivity contribution < 1.29 is 23.8 Å². The molecule has 10 heteroatoms. The van der Waals surface area contributed by atoms with Gasteiger partial charge in [-0.3, -0.25) is 19.5 Å². The molecule has 1 atom stereocenters. The Morgan fingerprint density at radius 2 is 2.03 bits per heavy atom. The van der Waals surface area contributed by atoms with Crippen molar-refractivity contribution in [2.45, 2.75) is 13.0 Å². The van der Waals surface area contributed by atoms with E-state index < -0.39 is 29.3 Å². The van der Waals surface area contributed by atoms with Gasteiger partial charge in [-0.1, -0.05) is 17.4 Å². The van der Waals surface area contributed by atoms with Gasteiger partial charge in [-0.05, 0) is 37.3 Å². The van der Waals surface area contributed by atoms with Crippen LogP contribution in [0.3, 0.4) is 0 Å². The van der Waals surface area contributed by atoms with Gasteiger partial charge in [0.05, 0.1) is 18.4 Å². The lowest BCUT2D eigenvalue weighted by molar-refractivity contribution is -0.132. The van der Waals surface area contributed by atoms with E-state index in [-0.39, 0.29) is 22.0 Å². The molecule has 3 aromatic rings. The first-order valence-electron chi connectivity index (χ1n) is 8.78. The van der Waals surface area contributed by atoms with Crippen molar-refractivity contribution in [2.75, 3.05) is 12.0 Å². The molecule has 1 aromatic carbocycles. The monoisotopic (exact) mass is 426 g/mol. The molecule has 1 N–H and O–H groups in total. The Kier molecular flexibility index (Phi) is 5.00. The number of pyridine rings is 1. The van der Waals surface area contributed by atoms with E-state index in [1.165, 1.54) is 25.4 Å². The third kappa shape index (κ3) is 3.20. The number of hydrogen-bond donors (Lipinski definition) is 1. The number of methoxy groups -OCH3 is 1. The number of aliphatic hydroxyl groups excluding tert-OH is 1. The molecule has 1 amide bonds. The van der Waals surface area contributed by atoms with E-state index in [1.807, 2.05) is 0 Å². The van der Waals surface area contributed by atoms with E-state index in [9.17, 15) is 19.1 Å². The summed E-state index contributed by atoms with van der Waals surface area (Å²) in [5.41, 5.74) is 0.164. The van der Waals surface area contributed by atoms with E-state index >= 15 is 0 Å². The average Bonchev–Trinajstić information content (AvgIpc) is 3.29. The zero-order valence-corrected chi connectivity index (χ0v) is 16.7. The number of Topliss-reactive ketones (excluding diaryl/α,β-unsaturated/α-hetero) is 1. The fourth-order valence-corrected chi connectivity index (χ4v) is 3.91. The Hall–Kier alpha value is -3.66. The minimum Gasteiger partial charge on any atom is -0.507 e. The van der Waals surface area contributed by atoms with Crippen LogP contribution >= 0.6 is 11.3 Å². The van der Waals surface area contributed by atoms with Gasteiger partial charge in [0, 0.05) is 11.8 Å². The van der Waals surface area contributed by atoms with Crippen molar-refractivity contribution in [3.63, 3.8) is 0 Å². The molecule has 0 bridgehead atoms. The van der Waals surface area contributed by atoms with Crippen LogP contribution < -0.4 is 9.64 Å². The number of rotatable bonds is 4. The van der Waals surface area contributed by atoms with Gasteiger partial charge in [0.15, 0.2) is 11.6 Å². The van der Waals surface area contributed by atoms with E-state index in [2.05, 4.69) is 15.2 Å². The maximum Gasteiger partial charge on any atom is 0.302 e. The van der Waals surface area contributed by atoms with E-state index in [4.69, 9.17) is 4.74 Å². The van der Waals surface area contributed by atoms with Gasteiger partial charge in [0.1, 0.15) is 16.8 Å². The lowest BCUT2D eigenvalue weighted by Gasteiger charge is -2.21. The number of nitrogens with zero attached hydrogens (tertiary/aromatic N) is 4. The van der Waals surface area contributed by atoms with Crippen LogP contribution in [0.25, 0.3) is 5.76 Å². The Morgan fingerprint density at radius 1 is 1.23 bits per heavy atom. The second-order valence-electron chi connectivity index (χ2n) is 6.38. The molecule has 1 saturated heterocycles. The normalized spacial score (nSPS) is 18.1. The van der Waals surface area contributed by atoms with Crippen molar-refractivity contribution in [1.82, 2.24) is 15.2 Å². The van der Waals surface area contributed by atoms with Crippen LogP contribution in [0.5, 0.6) is 5.75 Å². The molecule has 2 aromatic heterocycles. The van der Waals surface area contributed by atoms with E-state index in [0.717, 1.165) is 22.3 Å². The summed E-state index contributed by atoms with van der Waals surface area (Å²) in [6.45, 7) is 1.72. The smallest absolute Gasteiger partial charge is 0.302 e. The maximum atomic E-state index is 14.2. The molecule has 3 heterocycles. The molecule has 0 saturated carbocycles. The van der Waals surface area contributed by atoms with Crippen LogP contribution in [0, 0.1) is 12.7 Å². The number of benzene rings is 1. The van der Waals surface area contributed by atoms with Crippen LogP contribution in [0.1, 0.15) is 22.3 Å². The molecule has 152 valence electrons. The third-order valence-electron chi connectivity index (χ3n) is 4.56. The van der Waals surface area contributed by atoms with Crippen molar-refractivity contribution >= 4 is 33.9 Å². The molecule has 0 radical (unpaired) electrons. The van der Waals surface area contributed by atoms with Crippen LogP contribution in [0.2, 0.25) is 0 Å². The largest absolute Gasteiger partial charge is 0.507 e. The summed E-state index contributed by atoms with van der Waals surface area (Å²) in [4.78, 5) is 31.2. The van der Waals surface area contributed by atoms with Gasteiger partial charge >= 0.3 is 5.91 Å². The lowest BCUT2D eigenvalue weighted by atomic mass is 9.98. The highest BCUT2D eigenvalue weighted by Crippen LogP contribution is 2.42. The number of amides is 1. The second kappa shape index (κ2) is 7.64. The quantitative estimate of drug-likeness (QED) is 0.388. The number of aromatic nitrogens is 3. The van der Waals surface area contributed by atoms with Crippen LogP contribution in [-0.4, -0.2) is 39.1 Å². The predicted molar refractivity (Wildman–Crippen MR) is 107 cm³/mol. The molecular formula is C20H15FN4O4S.